The van der Waals surface area contributed by atoms with E-state index in [-0.39, 0.29) is 31.5 Å². The van der Waals surface area contributed by atoms with Crippen LogP contribution in [-0.2, 0) is 9.59 Å². The van der Waals surface area contributed by atoms with Crippen molar-refractivity contribution in [2.45, 2.75) is 46.6 Å². The van der Waals surface area contributed by atoms with Crippen LogP contribution in [0.2, 0.25) is 0 Å². The number of urea groups is 1. The Hall–Kier alpha value is -1.79. The van der Waals surface area contributed by atoms with Crippen molar-refractivity contribution in [3.05, 3.63) is 0 Å². The summed E-state index contributed by atoms with van der Waals surface area (Å²) in [6, 6.07) is -0.358. The topological polar surface area (TPSA) is 108 Å². The molecule has 7 nitrogen and oxygen atoms in total. The fourth-order valence-electron chi connectivity index (χ4n) is 1.18. The highest BCUT2D eigenvalue weighted by Gasteiger charge is 2.27. The Morgan fingerprint density at radius 1 is 1.20 bits per heavy atom. The van der Waals surface area contributed by atoms with E-state index in [2.05, 4.69) is 16.0 Å². The van der Waals surface area contributed by atoms with Gasteiger partial charge >= 0.3 is 12.0 Å². The number of carbonyl (C=O) groups excluding carboxylic acids is 2. The highest BCUT2D eigenvalue weighted by molar-refractivity contribution is 5.79. The van der Waals surface area contributed by atoms with Crippen LogP contribution in [0, 0.1) is 5.41 Å². The Kier molecular flexibility index (Phi) is 7.64. The van der Waals surface area contributed by atoms with Crippen LogP contribution >= 0.6 is 0 Å². The van der Waals surface area contributed by atoms with Gasteiger partial charge in [-0.25, -0.2) is 4.79 Å². The lowest BCUT2D eigenvalue weighted by molar-refractivity contribution is -0.146. The smallest absolute Gasteiger partial charge is 0.314 e. The third-order valence-corrected chi connectivity index (χ3v) is 2.93. The summed E-state index contributed by atoms with van der Waals surface area (Å²) in [5.41, 5.74) is -1.02. The normalized spacial score (nSPS) is 12.4. The van der Waals surface area contributed by atoms with Gasteiger partial charge in [-0.2, -0.15) is 0 Å². The second-order valence-electron chi connectivity index (χ2n) is 5.43. The molecular formula is C13H25N3O4. The molecule has 0 saturated carbocycles. The van der Waals surface area contributed by atoms with Crippen LogP contribution in [-0.4, -0.2) is 42.1 Å². The molecule has 7 heteroatoms. The van der Waals surface area contributed by atoms with E-state index in [1.54, 1.807) is 0 Å². The number of aliphatic carboxylic acids is 1. The molecule has 0 aliphatic rings. The number of carbonyl (C=O) groups is 3. The molecule has 116 valence electrons. The molecule has 0 radical (unpaired) electrons. The first-order valence-corrected chi connectivity index (χ1v) is 6.73. The first kappa shape index (κ1) is 18.2. The minimum absolute atomic E-state index is 0.0211. The standard InChI is InChI=1S/C13H25N3O4/c1-5-9(2)16-10(17)6-7-14-12(20)15-8-13(3,4)11(18)19/h9H,5-8H2,1-4H3,(H,16,17)(H,18,19)(H2,14,15,20). The molecule has 0 aliphatic heterocycles. The van der Waals surface area contributed by atoms with Crippen LogP contribution < -0.4 is 16.0 Å². The zero-order chi connectivity index (χ0) is 15.8. The molecule has 0 heterocycles. The van der Waals surface area contributed by atoms with Gasteiger partial charge in [0, 0.05) is 25.6 Å². The molecule has 4 N–H and O–H groups in total. The zero-order valence-electron chi connectivity index (χ0n) is 12.6. The molecule has 0 aromatic rings. The maximum absolute atomic E-state index is 11.4. The van der Waals surface area contributed by atoms with Crippen molar-refractivity contribution in [1.29, 1.82) is 0 Å². The first-order chi connectivity index (χ1) is 9.19. The van der Waals surface area contributed by atoms with Crippen LogP contribution in [0.4, 0.5) is 4.79 Å². The molecule has 1 atom stereocenters. The van der Waals surface area contributed by atoms with Gasteiger partial charge in [0.25, 0.3) is 0 Å². The van der Waals surface area contributed by atoms with E-state index in [0.29, 0.717) is 0 Å². The molecule has 0 saturated heterocycles. The number of hydrogen-bond acceptors (Lipinski definition) is 3. The number of carboxylic acid groups (broad SMARTS) is 1. The third kappa shape index (κ3) is 7.60. The van der Waals surface area contributed by atoms with Crippen LogP contribution in [0.1, 0.15) is 40.5 Å². The van der Waals surface area contributed by atoms with Gasteiger partial charge in [0.15, 0.2) is 0 Å². The van der Waals surface area contributed by atoms with Gasteiger partial charge in [-0.15, -0.1) is 0 Å². The van der Waals surface area contributed by atoms with Gasteiger partial charge in [0.05, 0.1) is 5.41 Å². The van der Waals surface area contributed by atoms with E-state index in [0.717, 1.165) is 6.42 Å². The van der Waals surface area contributed by atoms with Crippen molar-refractivity contribution in [3.8, 4) is 0 Å². The minimum atomic E-state index is -1.02. The van der Waals surface area contributed by atoms with E-state index >= 15 is 0 Å². The van der Waals surface area contributed by atoms with Gasteiger partial charge in [-0.05, 0) is 27.2 Å². The molecule has 20 heavy (non-hydrogen) atoms. The lowest BCUT2D eigenvalue weighted by Crippen LogP contribution is -2.44. The van der Waals surface area contributed by atoms with Crippen LogP contribution in [0.5, 0.6) is 0 Å². The number of rotatable bonds is 8. The summed E-state index contributed by atoms with van der Waals surface area (Å²) in [6.45, 7) is 7.16. The van der Waals surface area contributed by atoms with Crippen molar-refractivity contribution in [2.24, 2.45) is 5.41 Å². The van der Waals surface area contributed by atoms with Gasteiger partial charge in [-0.1, -0.05) is 6.92 Å². The monoisotopic (exact) mass is 287 g/mol. The van der Waals surface area contributed by atoms with Gasteiger partial charge in [0.1, 0.15) is 0 Å². The predicted molar refractivity (Wildman–Crippen MR) is 75.3 cm³/mol. The summed E-state index contributed by atoms with van der Waals surface area (Å²) >= 11 is 0. The second kappa shape index (κ2) is 8.39. The Labute approximate surface area is 119 Å². The van der Waals surface area contributed by atoms with E-state index < -0.39 is 17.4 Å². The zero-order valence-corrected chi connectivity index (χ0v) is 12.6. The van der Waals surface area contributed by atoms with Crippen LogP contribution in [0.3, 0.4) is 0 Å². The average Bonchev–Trinajstić information content (AvgIpc) is 2.36. The molecule has 0 bridgehead atoms. The lowest BCUT2D eigenvalue weighted by Gasteiger charge is -2.19. The van der Waals surface area contributed by atoms with Crippen molar-refractivity contribution in [2.75, 3.05) is 13.1 Å². The van der Waals surface area contributed by atoms with E-state index in [9.17, 15) is 14.4 Å². The molecule has 0 fully saturated rings. The van der Waals surface area contributed by atoms with Crippen molar-refractivity contribution >= 4 is 17.9 Å². The van der Waals surface area contributed by atoms with Crippen molar-refractivity contribution in [3.63, 3.8) is 0 Å². The molecule has 3 amide bonds. The summed E-state index contributed by atoms with van der Waals surface area (Å²) in [5.74, 6) is -1.10. The molecular weight excluding hydrogens is 262 g/mol. The quantitative estimate of drug-likeness (QED) is 0.527. The van der Waals surface area contributed by atoms with Gasteiger partial charge in [-0.3, -0.25) is 9.59 Å². The first-order valence-electron chi connectivity index (χ1n) is 6.73. The Morgan fingerprint density at radius 3 is 2.30 bits per heavy atom. The minimum Gasteiger partial charge on any atom is -0.481 e. The molecule has 0 rings (SSSR count). The molecule has 0 spiro atoms. The van der Waals surface area contributed by atoms with Crippen LogP contribution in [0.25, 0.3) is 0 Å². The summed E-state index contributed by atoms with van der Waals surface area (Å²) in [4.78, 5) is 33.7. The Balaban J connectivity index is 3.85. The fourth-order valence-corrected chi connectivity index (χ4v) is 1.18. The molecule has 0 aliphatic carbocycles. The van der Waals surface area contributed by atoms with E-state index in [1.165, 1.54) is 13.8 Å². The lowest BCUT2D eigenvalue weighted by atomic mass is 9.94. The number of hydrogen-bond donors (Lipinski definition) is 4. The molecule has 0 aromatic heterocycles. The SMILES string of the molecule is CCC(C)NC(=O)CCNC(=O)NCC(C)(C)C(=O)O. The van der Waals surface area contributed by atoms with Crippen molar-refractivity contribution in [1.82, 2.24) is 16.0 Å². The maximum Gasteiger partial charge on any atom is 0.314 e. The second-order valence-corrected chi connectivity index (χ2v) is 5.43. The maximum atomic E-state index is 11.4. The highest BCUT2D eigenvalue weighted by Crippen LogP contribution is 2.12. The van der Waals surface area contributed by atoms with Gasteiger partial charge < -0.3 is 21.1 Å². The number of amides is 3. The predicted octanol–water partition coefficient (Wildman–Crippen LogP) is 0.701. The van der Waals surface area contributed by atoms with Crippen LogP contribution in [0.15, 0.2) is 0 Å². The number of carboxylic acids is 1. The van der Waals surface area contributed by atoms with E-state index in [1.807, 2.05) is 13.8 Å². The van der Waals surface area contributed by atoms with Crippen molar-refractivity contribution < 1.29 is 19.5 Å². The molecule has 1 unspecified atom stereocenters. The fraction of sp³-hybridized carbons (Fsp3) is 0.769. The third-order valence-electron chi connectivity index (χ3n) is 2.93. The van der Waals surface area contributed by atoms with Gasteiger partial charge in [0.2, 0.25) is 5.91 Å². The number of nitrogens with one attached hydrogen (secondary N) is 3. The van der Waals surface area contributed by atoms with E-state index in [4.69, 9.17) is 5.11 Å². The summed E-state index contributed by atoms with van der Waals surface area (Å²) in [7, 11) is 0. The summed E-state index contributed by atoms with van der Waals surface area (Å²) in [6.07, 6.45) is 1.05. The Morgan fingerprint density at radius 2 is 1.80 bits per heavy atom. The summed E-state index contributed by atoms with van der Waals surface area (Å²) < 4.78 is 0. The largest absolute Gasteiger partial charge is 0.481 e. The summed E-state index contributed by atoms with van der Waals surface area (Å²) in [5, 5.41) is 16.7. The highest BCUT2D eigenvalue weighted by atomic mass is 16.4. The Bertz CT molecular complexity index is 356. The average molecular weight is 287 g/mol. The molecule has 0 aromatic carbocycles.